The monoisotopic (exact) mass is 318 g/mol. The molecule has 2 aromatic carbocycles. The van der Waals surface area contributed by atoms with Gasteiger partial charge >= 0.3 is 0 Å². The van der Waals surface area contributed by atoms with Gasteiger partial charge in [0.15, 0.2) is 0 Å². The van der Waals surface area contributed by atoms with Gasteiger partial charge in [-0.25, -0.2) is 0 Å². The molecule has 0 heterocycles. The van der Waals surface area contributed by atoms with Gasteiger partial charge in [-0.15, -0.1) is 0 Å². The molecule has 98 valence electrons. The third-order valence-corrected chi connectivity index (χ3v) is 3.49. The summed E-state index contributed by atoms with van der Waals surface area (Å²) in [5.41, 5.74) is 9.86. The zero-order valence-electron chi connectivity index (χ0n) is 10.8. The highest BCUT2D eigenvalue weighted by Crippen LogP contribution is 2.21. The molecule has 0 spiro atoms. The number of hydrogen-bond acceptors (Lipinski definition) is 2. The number of carbonyl (C=O) groups is 1. The number of hydrogen-bond donors (Lipinski definition) is 2. The van der Waals surface area contributed by atoms with E-state index in [1.165, 1.54) is 0 Å². The molecule has 0 atom stereocenters. The first-order chi connectivity index (χ1) is 8.97. The Kier molecular flexibility index (Phi) is 3.90. The Morgan fingerprint density at radius 3 is 2.63 bits per heavy atom. The van der Waals surface area contributed by atoms with Gasteiger partial charge in [0.05, 0.1) is 0 Å². The van der Waals surface area contributed by atoms with Crippen LogP contribution in [0.3, 0.4) is 0 Å². The van der Waals surface area contributed by atoms with Crippen LogP contribution in [-0.2, 0) is 0 Å². The second kappa shape index (κ2) is 5.45. The zero-order valence-corrected chi connectivity index (χ0v) is 12.4. The summed E-state index contributed by atoms with van der Waals surface area (Å²) < 4.78 is 0.790. The summed E-state index contributed by atoms with van der Waals surface area (Å²) in [4.78, 5) is 12.2. The molecule has 0 aliphatic heterocycles. The molecule has 0 unspecified atom stereocenters. The normalized spacial score (nSPS) is 10.3. The number of amides is 1. The number of carbonyl (C=O) groups excluding carboxylic acids is 1. The van der Waals surface area contributed by atoms with Crippen LogP contribution in [0, 0.1) is 13.8 Å². The van der Waals surface area contributed by atoms with Crippen LogP contribution in [0.1, 0.15) is 21.5 Å². The summed E-state index contributed by atoms with van der Waals surface area (Å²) in [6, 6.07) is 11.0. The number of aryl methyl sites for hydroxylation is 1. The van der Waals surface area contributed by atoms with E-state index in [1.54, 1.807) is 18.2 Å². The van der Waals surface area contributed by atoms with Crippen molar-refractivity contribution in [2.24, 2.45) is 0 Å². The van der Waals surface area contributed by atoms with Crippen LogP contribution in [0.4, 0.5) is 11.4 Å². The van der Waals surface area contributed by atoms with E-state index in [0.29, 0.717) is 11.3 Å². The van der Waals surface area contributed by atoms with E-state index < -0.39 is 0 Å². The molecule has 2 rings (SSSR count). The predicted molar refractivity (Wildman–Crippen MR) is 82.4 cm³/mol. The standard InChI is InChI=1S/C15H15BrN2O/c1-9-4-3-5-14(10(9)2)18-15(19)11-6-12(16)8-13(17)7-11/h3-8H,17H2,1-2H3,(H,18,19). The maximum atomic E-state index is 12.2. The molecule has 19 heavy (non-hydrogen) atoms. The maximum Gasteiger partial charge on any atom is 0.255 e. The number of nitrogens with two attached hydrogens (primary N) is 1. The minimum absolute atomic E-state index is 0.165. The van der Waals surface area contributed by atoms with E-state index in [4.69, 9.17) is 5.73 Å². The summed E-state index contributed by atoms with van der Waals surface area (Å²) in [5.74, 6) is -0.165. The number of nitrogens with one attached hydrogen (secondary N) is 1. The third kappa shape index (κ3) is 3.15. The lowest BCUT2D eigenvalue weighted by Crippen LogP contribution is -2.13. The van der Waals surface area contributed by atoms with E-state index >= 15 is 0 Å². The van der Waals surface area contributed by atoms with Crippen LogP contribution < -0.4 is 11.1 Å². The number of rotatable bonds is 2. The summed E-state index contributed by atoms with van der Waals surface area (Å²) in [6.07, 6.45) is 0. The van der Waals surface area contributed by atoms with Gasteiger partial charge in [-0.1, -0.05) is 28.1 Å². The Labute approximate surface area is 121 Å². The largest absolute Gasteiger partial charge is 0.399 e. The van der Waals surface area contributed by atoms with Crippen LogP contribution in [0.15, 0.2) is 40.9 Å². The molecule has 3 nitrogen and oxygen atoms in total. The number of nitrogen functional groups attached to an aromatic ring is 1. The Morgan fingerprint density at radius 2 is 1.95 bits per heavy atom. The van der Waals surface area contributed by atoms with Crippen molar-refractivity contribution in [1.82, 2.24) is 0 Å². The van der Waals surface area contributed by atoms with Crippen LogP contribution in [0.25, 0.3) is 0 Å². The summed E-state index contributed by atoms with van der Waals surface area (Å²) in [7, 11) is 0. The topological polar surface area (TPSA) is 55.1 Å². The lowest BCUT2D eigenvalue weighted by Gasteiger charge is -2.11. The lowest BCUT2D eigenvalue weighted by atomic mass is 10.1. The first-order valence-corrected chi connectivity index (χ1v) is 6.70. The molecule has 0 saturated heterocycles. The lowest BCUT2D eigenvalue weighted by molar-refractivity contribution is 0.102. The van der Waals surface area contributed by atoms with Crippen molar-refractivity contribution in [3.05, 3.63) is 57.6 Å². The second-order valence-corrected chi connectivity index (χ2v) is 5.39. The van der Waals surface area contributed by atoms with Gasteiger partial charge in [0.1, 0.15) is 0 Å². The first-order valence-electron chi connectivity index (χ1n) is 5.91. The van der Waals surface area contributed by atoms with E-state index in [0.717, 1.165) is 21.3 Å². The van der Waals surface area contributed by atoms with E-state index in [2.05, 4.69) is 21.2 Å². The van der Waals surface area contributed by atoms with Crippen molar-refractivity contribution in [1.29, 1.82) is 0 Å². The number of anilines is 2. The van der Waals surface area contributed by atoms with Crippen LogP contribution >= 0.6 is 15.9 Å². The van der Waals surface area contributed by atoms with E-state index in [9.17, 15) is 4.79 Å². The summed E-state index contributed by atoms with van der Waals surface area (Å²) >= 11 is 3.33. The first kappa shape index (κ1) is 13.6. The van der Waals surface area contributed by atoms with Gasteiger partial charge < -0.3 is 11.1 Å². The maximum absolute atomic E-state index is 12.2. The van der Waals surface area contributed by atoms with E-state index in [1.807, 2.05) is 32.0 Å². The van der Waals surface area contributed by atoms with Gasteiger partial charge in [0.2, 0.25) is 0 Å². The molecule has 0 bridgehead atoms. The van der Waals surface area contributed by atoms with Crippen molar-refractivity contribution in [3.63, 3.8) is 0 Å². The Balaban J connectivity index is 2.28. The average molecular weight is 319 g/mol. The highest BCUT2D eigenvalue weighted by molar-refractivity contribution is 9.10. The molecule has 1 amide bonds. The van der Waals surface area contributed by atoms with Crippen molar-refractivity contribution < 1.29 is 4.79 Å². The average Bonchev–Trinajstić information content (AvgIpc) is 2.33. The minimum atomic E-state index is -0.165. The highest BCUT2D eigenvalue weighted by atomic mass is 79.9. The third-order valence-electron chi connectivity index (χ3n) is 3.04. The van der Waals surface area contributed by atoms with Gasteiger partial charge in [0.25, 0.3) is 5.91 Å². The van der Waals surface area contributed by atoms with Crippen LogP contribution in [-0.4, -0.2) is 5.91 Å². The van der Waals surface area contributed by atoms with Gasteiger partial charge in [-0.3, -0.25) is 4.79 Å². The van der Waals surface area contributed by atoms with Crippen LogP contribution in [0.2, 0.25) is 0 Å². The number of halogens is 1. The second-order valence-electron chi connectivity index (χ2n) is 4.47. The molecular formula is C15H15BrN2O. The molecule has 0 aromatic heterocycles. The molecule has 0 radical (unpaired) electrons. The van der Waals surface area contributed by atoms with E-state index in [-0.39, 0.29) is 5.91 Å². The molecule has 0 fully saturated rings. The fraction of sp³-hybridized carbons (Fsp3) is 0.133. The fourth-order valence-corrected chi connectivity index (χ4v) is 2.34. The van der Waals surface area contributed by atoms with Crippen molar-refractivity contribution in [3.8, 4) is 0 Å². The fourth-order valence-electron chi connectivity index (χ4n) is 1.82. The molecule has 0 aliphatic carbocycles. The molecule has 0 saturated carbocycles. The zero-order chi connectivity index (χ0) is 14.0. The van der Waals surface area contributed by atoms with Crippen LogP contribution in [0.5, 0.6) is 0 Å². The quantitative estimate of drug-likeness (QED) is 0.825. The Morgan fingerprint density at radius 1 is 1.21 bits per heavy atom. The van der Waals surface area contributed by atoms with Gasteiger partial charge in [-0.05, 0) is 49.2 Å². The summed E-state index contributed by atoms with van der Waals surface area (Å²) in [5, 5.41) is 2.91. The minimum Gasteiger partial charge on any atom is -0.399 e. The molecule has 3 N–H and O–H groups in total. The van der Waals surface area contributed by atoms with Gasteiger partial charge in [-0.2, -0.15) is 0 Å². The van der Waals surface area contributed by atoms with Crippen molar-refractivity contribution in [2.45, 2.75) is 13.8 Å². The van der Waals surface area contributed by atoms with Crippen molar-refractivity contribution >= 4 is 33.2 Å². The molecule has 2 aromatic rings. The van der Waals surface area contributed by atoms with Gasteiger partial charge in [0, 0.05) is 21.4 Å². The molecule has 0 aliphatic rings. The Bertz CT molecular complexity index is 618. The molecular weight excluding hydrogens is 304 g/mol. The Hall–Kier alpha value is -1.81. The predicted octanol–water partition coefficient (Wildman–Crippen LogP) is 3.90. The van der Waals surface area contributed by atoms with Crippen molar-refractivity contribution in [2.75, 3.05) is 11.1 Å². The number of benzene rings is 2. The SMILES string of the molecule is Cc1cccc(NC(=O)c2cc(N)cc(Br)c2)c1C. The molecule has 4 heteroatoms. The highest BCUT2D eigenvalue weighted by Gasteiger charge is 2.09. The summed E-state index contributed by atoms with van der Waals surface area (Å²) in [6.45, 7) is 4.00. The smallest absolute Gasteiger partial charge is 0.255 e.